The second-order valence-corrected chi connectivity index (χ2v) is 16.2. The van der Waals surface area contributed by atoms with Crippen molar-refractivity contribution < 1.29 is 14.3 Å². The number of hydrogen-bond acceptors (Lipinski definition) is 3. The maximum absolute atomic E-state index is 13.3. The van der Waals surface area contributed by atoms with Crippen molar-refractivity contribution in [3.05, 3.63) is 12.2 Å². The lowest BCUT2D eigenvalue weighted by molar-refractivity contribution is -0.236. The van der Waals surface area contributed by atoms with Crippen molar-refractivity contribution in [1.82, 2.24) is 0 Å². The summed E-state index contributed by atoms with van der Waals surface area (Å²) in [4.78, 5) is 25.1. The van der Waals surface area contributed by atoms with Gasteiger partial charge in [-0.3, -0.25) is 9.59 Å². The van der Waals surface area contributed by atoms with Gasteiger partial charge in [0.1, 0.15) is 0 Å². The highest BCUT2D eigenvalue weighted by molar-refractivity contribution is 9.10. The van der Waals surface area contributed by atoms with Crippen molar-refractivity contribution in [3.63, 3.8) is 0 Å². The van der Waals surface area contributed by atoms with Gasteiger partial charge in [-0.1, -0.05) is 62.7 Å². The second-order valence-electron chi connectivity index (χ2n) is 15.1. The first-order valence-electron chi connectivity index (χ1n) is 14.6. The SMILES string of the molecule is C=C(C)[C@@H]1CC[C@]2(COC(C)=O)CC[C@]3(C)[C@H](CC[C@@H]4[C@@]5(C)C[C@H](Br)C(=O)C(C)(C)[C@@H]5CC[C@]43C)[C@@H]12. The largest absolute Gasteiger partial charge is 0.465 e. The fraction of sp³-hybridized carbons (Fsp3) is 0.875. The number of fused-ring (bicyclic) bond motifs is 7. The molecule has 5 aliphatic carbocycles. The molecule has 3 nitrogen and oxygen atoms in total. The van der Waals surface area contributed by atoms with E-state index in [2.05, 4.69) is 64.1 Å². The van der Waals surface area contributed by atoms with E-state index in [0.29, 0.717) is 42.0 Å². The van der Waals surface area contributed by atoms with Crippen molar-refractivity contribution in [2.45, 2.75) is 111 Å². The van der Waals surface area contributed by atoms with Crippen molar-refractivity contribution >= 4 is 27.7 Å². The molecule has 0 saturated heterocycles. The average molecular weight is 562 g/mol. The molecule has 5 fully saturated rings. The molecule has 0 radical (unpaired) electrons. The van der Waals surface area contributed by atoms with Crippen molar-refractivity contribution in [1.29, 1.82) is 0 Å². The highest BCUT2D eigenvalue weighted by Gasteiger charge is 2.71. The minimum atomic E-state index is -0.261. The van der Waals surface area contributed by atoms with Crippen LogP contribution in [0.1, 0.15) is 106 Å². The third kappa shape index (κ3) is 3.40. The molecule has 0 amide bonds. The molecular weight excluding hydrogens is 512 g/mol. The number of hydrogen-bond donors (Lipinski definition) is 0. The fourth-order valence-corrected chi connectivity index (χ4v) is 13.0. The monoisotopic (exact) mass is 560 g/mol. The van der Waals surface area contributed by atoms with Crippen LogP contribution in [0.3, 0.4) is 0 Å². The Morgan fingerprint density at radius 3 is 2.28 bits per heavy atom. The highest BCUT2D eigenvalue weighted by Crippen LogP contribution is 2.77. The number of ketones is 1. The number of rotatable bonds is 3. The van der Waals surface area contributed by atoms with E-state index in [1.165, 1.54) is 37.7 Å². The van der Waals surface area contributed by atoms with Gasteiger partial charge in [0.2, 0.25) is 0 Å². The van der Waals surface area contributed by atoms with Crippen LogP contribution < -0.4 is 0 Å². The number of halogens is 1. The molecule has 0 spiro atoms. The van der Waals surface area contributed by atoms with Crippen LogP contribution >= 0.6 is 15.9 Å². The molecule has 0 aromatic heterocycles. The first-order valence-corrected chi connectivity index (χ1v) is 15.5. The Labute approximate surface area is 228 Å². The summed E-state index contributed by atoms with van der Waals surface area (Å²) in [6.07, 6.45) is 10.6. The van der Waals surface area contributed by atoms with E-state index in [-0.39, 0.29) is 37.9 Å². The number of Topliss-reactive ketones (excluding diaryl/α,β-unsaturated/α-hetero) is 1. The Kier molecular flexibility index (Phi) is 6.31. The zero-order valence-electron chi connectivity index (χ0n) is 23.8. The predicted octanol–water partition coefficient (Wildman–Crippen LogP) is 8.15. The lowest BCUT2D eigenvalue weighted by Crippen LogP contribution is -2.67. The molecule has 5 aliphatic rings. The van der Waals surface area contributed by atoms with Crippen LogP contribution in [-0.2, 0) is 14.3 Å². The summed E-state index contributed by atoms with van der Waals surface area (Å²) in [5, 5.41) is 0. The molecule has 5 saturated carbocycles. The van der Waals surface area contributed by atoms with E-state index in [9.17, 15) is 9.59 Å². The molecule has 10 atom stereocenters. The summed E-state index contributed by atoms with van der Waals surface area (Å²) in [6, 6.07) is 0. The minimum Gasteiger partial charge on any atom is -0.465 e. The summed E-state index contributed by atoms with van der Waals surface area (Å²) < 4.78 is 5.78. The zero-order chi connectivity index (χ0) is 26.5. The van der Waals surface area contributed by atoms with Crippen LogP contribution in [0, 0.1) is 56.7 Å². The van der Waals surface area contributed by atoms with Crippen LogP contribution in [0.2, 0.25) is 0 Å². The molecule has 4 heteroatoms. The minimum absolute atomic E-state index is 0.0213. The van der Waals surface area contributed by atoms with E-state index in [4.69, 9.17) is 4.74 Å². The van der Waals surface area contributed by atoms with Crippen molar-refractivity contribution in [3.8, 4) is 0 Å². The van der Waals surface area contributed by atoms with Gasteiger partial charge in [-0.05, 0) is 111 Å². The Hall–Kier alpha value is -0.640. The Bertz CT molecular complexity index is 970. The molecule has 202 valence electrons. The number of allylic oxidation sites excluding steroid dienone is 1. The fourth-order valence-electron chi connectivity index (χ4n) is 11.7. The molecular formula is C32H49BrO3. The van der Waals surface area contributed by atoms with Gasteiger partial charge >= 0.3 is 5.97 Å². The van der Waals surface area contributed by atoms with Gasteiger partial charge in [0.05, 0.1) is 11.4 Å². The van der Waals surface area contributed by atoms with Gasteiger partial charge < -0.3 is 4.74 Å². The van der Waals surface area contributed by atoms with Gasteiger partial charge in [0, 0.05) is 17.8 Å². The van der Waals surface area contributed by atoms with E-state index < -0.39 is 0 Å². The number of ether oxygens (including phenoxy) is 1. The molecule has 0 bridgehead atoms. The molecule has 0 aromatic carbocycles. The number of carbonyl (C=O) groups is 2. The molecule has 0 aliphatic heterocycles. The van der Waals surface area contributed by atoms with E-state index in [1.54, 1.807) is 6.92 Å². The first-order chi connectivity index (χ1) is 16.6. The van der Waals surface area contributed by atoms with E-state index >= 15 is 0 Å². The first kappa shape index (κ1) is 26.9. The van der Waals surface area contributed by atoms with Gasteiger partial charge in [0.15, 0.2) is 5.78 Å². The number of alkyl halides is 1. The maximum Gasteiger partial charge on any atom is 0.302 e. The highest BCUT2D eigenvalue weighted by atomic mass is 79.9. The quantitative estimate of drug-likeness (QED) is 0.198. The van der Waals surface area contributed by atoms with Crippen LogP contribution in [-0.4, -0.2) is 23.2 Å². The standard InChI is InChI=1S/C32H49BrO3/c1-19(2)21-11-14-32(18-36-20(3)34)16-15-30(7)22(26(21)32)9-10-25-29(6)17-23(33)27(35)28(4,5)24(29)12-13-31(25,30)8/h21-26H,1,9-18H2,2-8H3/t21-,22+,23-,24-,25+,26+,29-,30+,31+,32+/m0/s1. The van der Waals surface area contributed by atoms with E-state index in [0.717, 1.165) is 25.7 Å². The molecule has 0 aromatic rings. The van der Waals surface area contributed by atoms with Gasteiger partial charge in [-0.25, -0.2) is 0 Å². The third-order valence-corrected chi connectivity index (χ3v) is 14.2. The number of esters is 1. The van der Waals surface area contributed by atoms with Crippen LogP contribution in [0.15, 0.2) is 12.2 Å². The van der Waals surface area contributed by atoms with Crippen LogP contribution in [0.4, 0.5) is 0 Å². The Balaban J connectivity index is 1.54. The average Bonchev–Trinajstić information content (AvgIpc) is 3.17. The summed E-state index contributed by atoms with van der Waals surface area (Å²) in [5.41, 5.74) is 1.89. The van der Waals surface area contributed by atoms with Crippen molar-refractivity contribution in [2.24, 2.45) is 56.7 Å². The van der Waals surface area contributed by atoms with Gasteiger partial charge in [-0.2, -0.15) is 0 Å². The lowest BCUT2D eigenvalue weighted by atomic mass is 9.32. The maximum atomic E-state index is 13.3. The predicted molar refractivity (Wildman–Crippen MR) is 149 cm³/mol. The number of carbonyl (C=O) groups excluding carboxylic acids is 2. The molecule has 0 heterocycles. The molecule has 36 heavy (non-hydrogen) atoms. The van der Waals surface area contributed by atoms with Crippen molar-refractivity contribution in [2.75, 3.05) is 6.61 Å². The van der Waals surface area contributed by atoms with Crippen LogP contribution in [0.5, 0.6) is 0 Å². The summed E-state index contributed by atoms with van der Waals surface area (Å²) in [6.45, 7) is 21.1. The zero-order valence-corrected chi connectivity index (χ0v) is 25.4. The van der Waals surface area contributed by atoms with Gasteiger partial charge in [-0.15, -0.1) is 0 Å². The molecule has 0 N–H and O–H groups in total. The van der Waals surface area contributed by atoms with Gasteiger partial charge in [0.25, 0.3) is 0 Å². The van der Waals surface area contributed by atoms with E-state index in [1.807, 2.05) is 0 Å². The molecule has 5 rings (SSSR count). The topological polar surface area (TPSA) is 43.4 Å². The summed E-state index contributed by atoms with van der Waals surface area (Å²) in [7, 11) is 0. The molecule has 0 unspecified atom stereocenters. The Morgan fingerprint density at radius 2 is 1.64 bits per heavy atom. The Morgan fingerprint density at radius 1 is 0.944 bits per heavy atom. The third-order valence-electron chi connectivity index (χ3n) is 13.5. The van der Waals surface area contributed by atoms with Crippen LogP contribution in [0.25, 0.3) is 0 Å². The second kappa shape index (κ2) is 8.43. The lowest BCUT2D eigenvalue weighted by Gasteiger charge is -2.72. The smallest absolute Gasteiger partial charge is 0.302 e. The normalized spacial score (nSPS) is 51.4. The summed E-state index contributed by atoms with van der Waals surface area (Å²) >= 11 is 3.84. The summed E-state index contributed by atoms with van der Waals surface area (Å²) in [5.74, 6) is 3.12.